The first-order chi connectivity index (χ1) is 16.0. The Bertz CT molecular complexity index is 1380. The van der Waals surface area contributed by atoms with E-state index in [0.29, 0.717) is 29.1 Å². The second-order valence-electron chi connectivity index (χ2n) is 7.56. The summed E-state index contributed by atoms with van der Waals surface area (Å²) in [6.07, 6.45) is -4.49. The number of halogens is 3. The Hall–Kier alpha value is -4.06. The van der Waals surface area contributed by atoms with Crippen molar-refractivity contribution in [2.45, 2.75) is 12.7 Å². The first-order valence-corrected chi connectivity index (χ1v) is 10.3. The van der Waals surface area contributed by atoms with Crippen molar-refractivity contribution in [2.75, 3.05) is 0 Å². The van der Waals surface area contributed by atoms with Crippen molar-refractivity contribution in [2.24, 2.45) is 0 Å². The highest BCUT2D eigenvalue weighted by Gasteiger charge is 2.34. The Balaban J connectivity index is 1.60. The highest BCUT2D eigenvalue weighted by Crippen LogP contribution is 2.38. The molecule has 6 heteroatoms. The van der Waals surface area contributed by atoms with E-state index < -0.39 is 11.7 Å². The maximum atomic E-state index is 13.7. The molecule has 0 aliphatic rings. The Labute approximate surface area is 188 Å². The van der Waals surface area contributed by atoms with Gasteiger partial charge < -0.3 is 4.74 Å². The third-order valence-electron chi connectivity index (χ3n) is 5.29. The van der Waals surface area contributed by atoms with Crippen LogP contribution in [0.5, 0.6) is 11.5 Å². The summed E-state index contributed by atoms with van der Waals surface area (Å²) >= 11 is 0. The molecule has 4 aromatic carbocycles. The van der Waals surface area contributed by atoms with E-state index in [4.69, 9.17) is 4.74 Å². The molecule has 0 fully saturated rings. The van der Waals surface area contributed by atoms with Crippen molar-refractivity contribution in [3.63, 3.8) is 0 Å². The lowest BCUT2D eigenvalue weighted by Gasteiger charge is -2.10. The SMILES string of the molecule is FC(F)(F)c1cccc2c(-c3ccc(Oc4c[c]ccc4)cc3)n(Cc3ccccc3)nc12. The van der Waals surface area contributed by atoms with Crippen molar-refractivity contribution in [3.05, 3.63) is 114 Å². The zero-order chi connectivity index (χ0) is 22.8. The number of aromatic nitrogens is 2. The molecule has 1 aromatic heterocycles. The first kappa shape index (κ1) is 20.8. The molecule has 0 atom stereocenters. The minimum Gasteiger partial charge on any atom is -0.457 e. The quantitative estimate of drug-likeness (QED) is 0.284. The van der Waals surface area contributed by atoms with Gasteiger partial charge in [-0.1, -0.05) is 54.6 Å². The molecule has 0 bridgehead atoms. The summed E-state index contributed by atoms with van der Waals surface area (Å²) in [5.74, 6) is 1.27. The Morgan fingerprint density at radius 2 is 1.61 bits per heavy atom. The normalized spacial score (nSPS) is 11.6. The monoisotopic (exact) mass is 443 g/mol. The summed E-state index contributed by atoms with van der Waals surface area (Å²) < 4.78 is 48.5. The summed E-state index contributed by atoms with van der Waals surface area (Å²) in [6, 6.07) is 31.1. The number of rotatable bonds is 5. The van der Waals surface area contributed by atoms with Gasteiger partial charge in [0.1, 0.15) is 17.0 Å². The molecule has 33 heavy (non-hydrogen) atoms. The third kappa shape index (κ3) is 4.32. The molecule has 0 saturated heterocycles. The topological polar surface area (TPSA) is 27.1 Å². The van der Waals surface area contributed by atoms with Gasteiger partial charge in [-0.25, -0.2) is 0 Å². The molecule has 0 N–H and O–H groups in total. The van der Waals surface area contributed by atoms with Crippen molar-refractivity contribution >= 4 is 10.9 Å². The van der Waals surface area contributed by atoms with Gasteiger partial charge in [-0.2, -0.15) is 18.3 Å². The van der Waals surface area contributed by atoms with Gasteiger partial charge in [0.05, 0.1) is 17.8 Å². The first-order valence-electron chi connectivity index (χ1n) is 10.3. The highest BCUT2D eigenvalue weighted by atomic mass is 19.4. The summed E-state index contributed by atoms with van der Waals surface area (Å²) in [5, 5.41) is 4.85. The molecule has 0 unspecified atom stereocenters. The van der Waals surface area contributed by atoms with Crippen LogP contribution < -0.4 is 4.74 Å². The Morgan fingerprint density at radius 3 is 2.30 bits per heavy atom. The van der Waals surface area contributed by atoms with Gasteiger partial charge >= 0.3 is 6.18 Å². The van der Waals surface area contributed by atoms with E-state index in [0.717, 1.165) is 17.2 Å². The van der Waals surface area contributed by atoms with Crippen LogP contribution in [0.2, 0.25) is 0 Å². The van der Waals surface area contributed by atoms with E-state index in [9.17, 15) is 13.2 Å². The number of hydrogen-bond donors (Lipinski definition) is 0. The maximum absolute atomic E-state index is 13.7. The van der Waals surface area contributed by atoms with Crippen molar-refractivity contribution < 1.29 is 17.9 Å². The number of hydrogen-bond acceptors (Lipinski definition) is 2. The fourth-order valence-corrected chi connectivity index (χ4v) is 3.81. The van der Waals surface area contributed by atoms with Crippen LogP contribution in [0.15, 0.2) is 97.1 Å². The summed E-state index contributed by atoms with van der Waals surface area (Å²) in [5.41, 5.74) is 1.52. The lowest BCUT2D eigenvalue weighted by Crippen LogP contribution is -2.06. The number of benzene rings is 4. The van der Waals surface area contributed by atoms with Crippen LogP contribution in [0.4, 0.5) is 13.2 Å². The molecule has 0 amide bonds. The fourth-order valence-electron chi connectivity index (χ4n) is 3.81. The minimum atomic E-state index is -4.49. The van der Waals surface area contributed by atoms with E-state index in [1.54, 1.807) is 35.0 Å². The van der Waals surface area contributed by atoms with Crippen LogP contribution in [0.3, 0.4) is 0 Å². The third-order valence-corrected chi connectivity index (χ3v) is 5.29. The number of alkyl halides is 3. The second-order valence-corrected chi connectivity index (χ2v) is 7.56. The average molecular weight is 443 g/mol. The Kier molecular flexibility index (Phi) is 5.34. The molecule has 163 valence electrons. The molecular formula is C27H18F3N2O. The summed E-state index contributed by atoms with van der Waals surface area (Å²) in [4.78, 5) is 0. The van der Waals surface area contributed by atoms with E-state index in [-0.39, 0.29) is 5.52 Å². The van der Waals surface area contributed by atoms with Gasteiger partial charge in [-0.15, -0.1) is 0 Å². The number of fused-ring (bicyclic) bond motifs is 1. The predicted octanol–water partition coefficient (Wildman–Crippen LogP) is 7.36. The molecule has 1 radical (unpaired) electrons. The van der Waals surface area contributed by atoms with Crippen LogP contribution in [0.25, 0.3) is 22.2 Å². The van der Waals surface area contributed by atoms with Crippen LogP contribution in [0.1, 0.15) is 11.1 Å². The molecule has 0 aliphatic carbocycles. The summed E-state index contributed by atoms with van der Waals surface area (Å²) in [6.45, 7) is 0.347. The standard InChI is InChI=1S/C27H18F3N2O/c28-27(29,30)24-13-7-12-23-25(24)31-32(18-19-8-3-1-4-9-19)26(23)20-14-16-22(17-15-20)33-21-10-5-2-6-11-21/h1-5,7-17H,18H2. The fraction of sp³-hybridized carbons (Fsp3) is 0.0741. The molecule has 0 spiro atoms. The van der Waals surface area contributed by atoms with Crippen molar-refractivity contribution in [3.8, 4) is 22.8 Å². The zero-order valence-electron chi connectivity index (χ0n) is 17.4. The van der Waals surface area contributed by atoms with Gasteiger partial charge in [-0.3, -0.25) is 4.68 Å². The van der Waals surface area contributed by atoms with E-state index in [2.05, 4.69) is 11.2 Å². The van der Waals surface area contributed by atoms with Crippen LogP contribution in [-0.4, -0.2) is 9.78 Å². The smallest absolute Gasteiger partial charge is 0.418 e. The minimum absolute atomic E-state index is 0.0592. The molecule has 5 rings (SSSR count). The van der Waals surface area contributed by atoms with Gasteiger partial charge in [0.2, 0.25) is 0 Å². The molecule has 1 heterocycles. The molecule has 3 nitrogen and oxygen atoms in total. The molecule has 0 aliphatic heterocycles. The molecular weight excluding hydrogens is 425 g/mol. The second kappa shape index (κ2) is 8.47. The average Bonchev–Trinajstić information content (AvgIpc) is 3.18. The van der Waals surface area contributed by atoms with Gasteiger partial charge in [-0.05, 0) is 54.1 Å². The zero-order valence-corrected chi connectivity index (χ0v) is 17.4. The molecule has 5 aromatic rings. The number of nitrogens with zero attached hydrogens (tertiary/aromatic N) is 2. The lowest BCUT2D eigenvalue weighted by molar-refractivity contribution is -0.136. The predicted molar refractivity (Wildman–Crippen MR) is 121 cm³/mol. The van der Waals surface area contributed by atoms with E-state index in [1.165, 1.54) is 6.07 Å². The van der Waals surface area contributed by atoms with Crippen LogP contribution >= 0.6 is 0 Å². The van der Waals surface area contributed by atoms with Gasteiger partial charge in [0.25, 0.3) is 0 Å². The number of ether oxygens (including phenoxy) is 1. The Morgan fingerprint density at radius 1 is 0.818 bits per heavy atom. The maximum Gasteiger partial charge on any atom is 0.418 e. The van der Waals surface area contributed by atoms with Gasteiger partial charge in [0.15, 0.2) is 0 Å². The largest absolute Gasteiger partial charge is 0.457 e. The van der Waals surface area contributed by atoms with E-state index >= 15 is 0 Å². The van der Waals surface area contributed by atoms with Crippen molar-refractivity contribution in [1.29, 1.82) is 0 Å². The highest BCUT2D eigenvalue weighted by molar-refractivity contribution is 5.95. The summed E-state index contributed by atoms with van der Waals surface area (Å²) in [7, 11) is 0. The lowest BCUT2D eigenvalue weighted by atomic mass is 10.0. The van der Waals surface area contributed by atoms with Crippen LogP contribution in [-0.2, 0) is 12.7 Å². The van der Waals surface area contributed by atoms with Crippen molar-refractivity contribution in [1.82, 2.24) is 9.78 Å². The van der Waals surface area contributed by atoms with Gasteiger partial charge in [0, 0.05) is 10.9 Å². The van der Waals surface area contributed by atoms with E-state index in [1.807, 2.05) is 54.6 Å². The molecule has 0 saturated carbocycles. The van der Waals surface area contributed by atoms with Crippen LogP contribution in [0, 0.1) is 6.07 Å².